The molecule has 1 amide bonds. The molecule has 4 rings (SSSR count). The number of methoxy groups -OCH3 is 1. The summed E-state index contributed by atoms with van der Waals surface area (Å²) in [5, 5.41) is 2.79. The highest BCUT2D eigenvalue weighted by molar-refractivity contribution is 7.89. The van der Waals surface area contributed by atoms with E-state index in [1.165, 1.54) is 23.5 Å². The first kappa shape index (κ1) is 24.0. The lowest BCUT2D eigenvalue weighted by atomic mass is 9.96. The number of piperidine rings is 1. The van der Waals surface area contributed by atoms with Crippen LogP contribution in [-0.4, -0.2) is 64.1 Å². The lowest BCUT2D eigenvalue weighted by Crippen LogP contribution is -2.48. The highest BCUT2D eigenvalue weighted by Gasteiger charge is 2.34. The van der Waals surface area contributed by atoms with Gasteiger partial charge in [-0.1, -0.05) is 30.3 Å². The van der Waals surface area contributed by atoms with Crippen molar-refractivity contribution in [2.75, 3.05) is 33.4 Å². The largest absolute Gasteiger partial charge is 0.486 e. The number of fused-ring (bicyclic) bond motifs is 1. The maximum atomic E-state index is 13.1. The van der Waals surface area contributed by atoms with Crippen LogP contribution in [0.1, 0.15) is 18.4 Å². The van der Waals surface area contributed by atoms with E-state index in [1.807, 2.05) is 30.3 Å². The van der Waals surface area contributed by atoms with E-state index in [4.69, 9.17) is 14.2 Å². The molecule has 0 radical (unpaired) electrons. The number of benzene rings is 2. The highest BCUT2D eigenvalue weighted by atomic mass is 32.2. The van der Waals surface area contributed by atoms with Crippen molar-refractivity contribution in [3.63, 3.8) is 0 Å². The zero-order valence-electron chi connectivity index (χ0n) is 18.9. The van der Waals surface area contributed by atoms with Crippen molar-refractivity contribution in [1.29, 1.82) is 0 Å². The van der Waals surface area contributed by atoms with Crippen LogP contribution in [0.25, 0.3) is 0 Å². The van der Waals surface area contributed by atoms with Crippen molar-refractivity contribution in [2.45, 2.75) is 30.2 Å². The average molecular weight is 489 g/mol. The normalized spacial score (nSPS) is 17.6. The minimum absolute atomic E-state index is 0.133. The van der Waals surface area contributed by atoms with Gasteiger partial charge in [0.05, 0.1) is 12.0 Å². The van der Waals surface area contributed by atoms with Crippen molar-refractivity contribution in [3.05, 3.63) is 54.1 Å². The monoisotopic (exact) mass is 488 g/mol. The van der Waals surface area contributed by atoms with Gasteiger partial charge in [0.25, 0.3) is 0 Å². The van der Waals surface area contributed by atoms with Crippen molar-refractivity contribution in [3.8, 4) is 11.5 Å². The summed E-state index contributed by atoms with van der Waals surface area (Å²) in [6, 6.07) is 13.1. The number of hydrogen-bond acceptors (Lipinski definition) is 7. The Morgan fingerprint density at radius 2 is 1.74 bits per heavy atom. The number of carbonyl (C=O) groups excluding carboxylic acids is 2. The van der Waals surface area contributed by atoms with E-state index >= 15 is 0 Å². The van der Waals surface area contributed by atoms with Crippen LogP contribution in [0, 0.1) is 5.92 Å². The van der Waals surface area contributed by atoms with Gasteiger partial charge in [-0.25, -0.2) is 13.2 Å². The number of carbonyl (C=O) groups is 2. The molecule has 9 nitrogen and oxygen atoms in total. The van der Waals surface area contributed by atoms with Crippen molar-refractivity contribution < 1.29 is 32.2 Å². The SMILES string of the molecule is COC(=O)[C@H](Cc1ccccc1)NC(=O)C1CCN(S(=O)(=O)c2ccc3c(c2)OCCO3)CC1. The van der Waals surface area contributed by atoms with Crippen LogP contribution < -0.4 is 14.8 Å². The number of ether oxygens (including phenoxy) is 3. The molecule has 0 unspecified atom stereocenters. The molecule has 0 bridgehead atoms. The molecule has 182 valence electrons. The molecule has 34 heavy (non-hydrogen) atoms. The predicted molar refractivity (Wildman–Crippen MR) is 123 cm³/mol. The van der Waals surface area contributed by atoms with Gasteiger partial charge < -0.3 is 19.5 Å². The number of rotatable bonds is 7. The summed E-state index contributed by atoms with van der Waals surface area (Å²) in [5.41, 5.74) is 0.901. The number of esters is 1. The number of amides is 1. The van der Waals surface area contributed by atoms with Crippen LogP contribution in [0.4, 0.5) is 0 Å². The van der Waals surface area contributed by atoms with Crippen LogP contribution in [0.3, 0.4) is 0 Å². The molecule has 1 atom stereocenters. The van der Waals surface area contributed by atoms with Gasteiger partial charge in [-0.05, 0) is 30.5 Å². The van der Waals surface area contributed by atoms with Crippen molar-refractivity contribution >= 4 is 21.9 Å². The summed E-state index contributed by atoms with van der Waals surface area (Å²) in [5.74, 6) is -0.252. The fourth-order valence-corrected chi connectivity index (χ4v) is 5.65. The Labute approximate surface area is 199 Å². The van der Waals surface area contributed by atoms with Gasteiger partial charge in [-0.3, -0.25) is 4.79 Å². The first-order valence-electron chi connectivity index (χ1n) is 11.2. The van der Waals surface area contributed by atoms with Crippen LogP contribution in [0.15, 0.2) is 53.4 Å². The number of nitrogens with one attached hydrogen (secondary N) is 1. The van der Waals surface area contributed by atoms with Gasteiger partial charge in [-0.15, -0.1) is 0 Å². The Balaban J connectivity index is 1.37. The third kappa shape index (κ3) is 5.34. The Bertz CT molecular complexity index is 1130. The molecule has 10 heteroatoms. The Morgan fingerprint density at radius 3 is 2.41 bits per heavy atom. The molecule has 2 aliphatic rings. The zero-order valence-corrected chi connectivity index (χ0v) is 19.8. The highest BCUT2D eigenvalue weighted by Crippen LogP contribution is 2.34. The van der Waals surface area contributed by atoms with Crippen LogP contribution >= 0.6 is 0 Å². The van der Waals surface area contributed by atoms with Gasteiger partial charge in [-0.2, -0.15) is 4.31 Å². The average Bonchev–Trinajstić information content (AvgIpc) is 2.88. The first-order chi connectivity index (χ1) is 16.4. The molecule has 1 fully saturated rings. The van der Waals surface area contributed by atoms with Crippen LogP contribution in [0.5, 0.6) is 11.5 Å². The summed E-state index contributed by atoms with van der Waals surface area (Å²) in [6.45, 7) is 1.21. The second kappa shape index (κ2) is 10.4. The second-order valence-corrected chi connectivity index (χ2v) is 10.2. The number of nitrogens with zero attached hydrogens (tertiary/aromatic N) is 1. The van der Waals surface area contributed by atoms with E-state index < -0.39 is 28.0 Å². The van der Waals surface area contributed by atoms with E-state index in [9.17, 15) is 18.0 Å². The zero-order chi connectivity index (χ0) is 24.1. The summed E-state index contributed by atoms with van der Waals surface area (Å²) in [4.78, 5) is 25.3. The molecule has 0 aromatic heterocycles. The lowest BCUT2D eigenvalue weighted by molar-refractivity contribution is -0.145. The fourth-order valence-electron chi connectivity index (χ4n) is 4.17. The standard InChI is InChI=1S/C24H28N2O7S/c1-31-24(28)20(15-17-5-3-2-4-6-17)25-23(27)18-9-11-26(12-10-18)34(29,30)19-7-8-21-22(16-19)33-14-13-32-21/h2-8,16,18,20H,9-15H2,1H3,(H,25,27)/t20-/m0/s1. The molecule has 2 heterocycles. The minimum Gasteiger partial charge on any atom is -0.486 e. The Kier molecular flexibility index (Phi) is 7.38. The molecule has 1 saturated heterocycles. The van der Waals surface area contributed by atoms with E-state index in [0.717, 1.165) is 5.56 Å². The molecule has 1 N–H and O–H groups in total. The maximum absolute atomic E-state index is 13.1. The molecule has 2 aromatic carbocycles. The molecular formula is C24H28N2O7S. The van der Waals surface area contributed by atoms with Gasteiger partial charge in [0, 0.05) is 31.5 Å². The maximum Gasteiger partial charge on any atom is 0.328 e. The summed E-state index contributed by atoms with van der Waals surface area (Å²) in [7, 11) is -2.45. The quantitative estimate of drug-likeness (QED) is 0.591. The van der Waals surface area contributed by atoms with Gasteiger partial charge >= 0.3 is 5.97 Å². The lowest BCUT2D eigenvalue weighted by Gasteiger charge is -2.31. The van der Waals surface area contributed by atoms with E-state index in [1.54, 1.807) is 6.07 Å². The van der Waals surface area contributed by atoms with Crippen LogP contribution in [-0.2, 0) is 30.8 Å². The minimum atomic E-state index is -3.73. The van der Waals surface area contributed by atoms with E-state index in [-0.39, 0.29) is 23.9 Å². The molecular weight excluding hydrogens is 460 g/mol. The molecule has 0 spiro atoms. The predicted octanol–water partition coefficient (Wildman–Crippen LogP) is 1.76. The number of sulfonamides is 1. The summed E-state index contributed by atoms with van der Waals surface area (Å²) in [6.07, 6.45) is 1.03. The van der Waals surface area contributed by atoms with E-state index in [0.29, 0.717) is 44.0 Å². The van der Waals surface area contributed by atoms with E-state index in [2.05, 4.69) is 5.32 Å². The summed E-state index contributed by atoms with van der Waals surface area (Å²) >= 11 is 0. The van der Waals surface area contributed by atoms with Gasteiger partial charge in [0.2, 0.25) is 15.9 Å². The Hall–Kier alpha value is -3.11. The number of hydrogen-bond donors (Lipinski definition) is 1. The third-order valence-electron chi connectivity index (χ3n) is 6.06. The molecule has 0 saturated carbocycles. The molecule has 2 aromatic rings. The van der Waals surface area contributed by atoms with Gasteiger partial charge in [0.1, 0.15) is 19.3 Å². The van der Waals surface area contributed by atoms with Crippen molar-refractivity contribution in [1.82, 2.24) is 9.62 Å². The summed E-state index contributed by atoms with van der Waals surface area (Å²) < 4.78 is 43.5. The topological polar surface area (TPSA) is 111 Å². The second-order valence-electron chi connectivity index (χ2n) is 8.26. The van der Waals surface area contributed by atoms with Crippen LogP contribution in [0.2, 0.25) is 0 Å². The van der Waals surface area contributed by atoms with Gasteiger partial charge in [0.15, 0.2) is 11.5 Å². The smallest absolute Gasteiger partial charge is 0.328 e. The fraction of sp³-hybridized carbons (Fsp3) is 0.417. The van der Waals surface area contributed by atoms with Crippen molar-refractivity contribution in [2.24, 2.45) is 5.92 Å². The Morgan fingerprint density at radius 1 is 1.06 bits per heavy atom. The molecule has 0 aliphatic carbocycles. The molecule has 2 aliphatic heterocycles. The third-order valence-corrected chi connectivity index (χ3v) is 7.96. The first-order valence-corrected chi connectivity index (χ1v) is 12.6.